The zero-order valence-corrected chi connectivity index (χ0v) is 16.4. The van der Waals surface area contributed by atoms with Crippen molar-refractivity contribution in [2.75, 3.05) is 6.61 Å². The Morgan fingerprint density at radius 2 is 2.00 bits per heavy atom. The van der Waals surface area contributed by atoms with Crippen LogP contribution in [0.4, 0.5) is 0 Å². The third-order valence-electron chi connectivity index (χ3n) is 4.37. The lowest BCUT2D eigenvalue weighted by Crippen LogP contribution is -2.13. The Bertz CT molecular complexity index is 1020. The number of halogens is 1. The van der Waals surface area contributed by atoms with Crippen LogP contribution in [0.5, 0.6) is 0 Å². The van der Waals surface area contributed by atoms with Crippen molar-refractivity contribution >= 4 is 29.4 Å². The largest absolute Gasteiger partial charge is 0.467 e. The van der Waals surface area contributed by atoms with Crippen LogP contribution in [-0.4, -0.2) is 22.9 Å². The SMILES string of the molecule is Cc1cc(C(=O)COC(=O)C=Cc2cccc(Cl)c2)c(C)n1Cc1ccco1. The summed E-state index contributed by atoms with van der Waals surface area (Å²) in [4.78, 5) is 24.4. The average Bonchev–Trinajstić information content (AvgIpc) is 3.28. The van der Waals surface area contributed by atoms with Crippen LogP contribution in [0.2, 0.25) is 5.02 Å². The quantitative estimate of drug-likeness (QED) is 0.325. The topological polar surface area (TPSA) is 61.4 Å². The molecule has 0 N–H and O–H groups in total. The van der Waals surface area contributed by atoms with E-state index in [1.165, 1.54) is 6.08 Å². The summed E-state index contributed by atoms with van der Waals surface area (Å²) in [6.45, 7) is 4.01. The number of rotatable bonds is 7. The first-order valence-corrected chi connectivity index (χ1v) is 9.14. The standard InChI is InChI=1S/C22H20ClNO4/c1-15-11-20(16(2)24(15)13-19-7-4-10-27-19)21(25)14-28-22(26)9-8-17-5-3-6-18(23)12-17/h3-12H,13-14H2,1-2H3. The zero-order valence-electron chi connectivity index (χ0n) is 15.6. The molecule has 0 aliphatic carbocycles. The van der Waals surface area contributed by atoms with Crippen molar-refractivity contribution in [2.45, 2.75) is 20.4 Å². The molecule has 0 amide bonds. The highest BCUT2D eigenvalue weighted by atomic mass is 35.5. The molecule has 0 saturated heterocycles. The van der Waals surface area contributed by atoms with Crippen LogP contribution in [0.3, 0.4) is 0 Å². The second kappa shape index (κ2) is 8.76. The van der Waals surface area contributed by atoms with Crippen molar-refractivity contribution < 1.29 is 18.7 Å². The maximum absolute atomic E-state index is 12.5. The molecule has 0 fully saturated rings. The number of aromatic nitrogens is 1. The molecule has 1 aromatic carbocycles. The molecule has 3 aromatic rings. The highest BCUT2D eigenvalue weighted by Gasteiger charge is 2.17. The summed E-state index contributed by atoms with van der Waals surface area (Å²) in [5.74, 6) is -0.0283. The number of ketones is 1. The second-order valence-electron chi connectivity index (χ2n) is 6.37. The van der Waals surface area contributed by atoms with Gasteiger partial charge in [0.05, 0.1) is 12.8 Å². The minimum absolute atomic E-state index is 0.247. The molecule has 2 aromatic heterocycles. The highest BCUT2D eigenvalue weighted by Crippen LogP contribution is 2.18. The lowest BCUT2D eigenvalue weighted by Gasteiger charge is -2.08. The van der Waals surface area contributed by atoms with E-state index in [9.17, 15) is 9.59 Å². The highest BCUT2D eigenvalue weighted by molar-refractivity contribution is 6.30. The number of hydrogen-bond acceptors (Lipinski definition) is 4. The normalized spacial score (nSPS) is 11.1. The molecule has 0 spiro atoms. The van der Waals surface area contributed by atoms with Gasteiger partial charge in [0.1, 0.15) is 5.76 Å². The molecule has 0 saturated carbocycles. The Morgan fingerprint density at radius 1 is 1.18 bits per heavy atom. The molecule has 0 radical (unpaired) electrons. The molecule has 0 aliphatic rings. The Morgan fingerprint density at radius 3 is 2.71 bits per heavy atom. The maximum atomic E-state index is 12.5. The van der Waals surface area contributed by atoms with Crippen LogP contribution in [0.25, 0.3) is 6.08 Å². The number of ether oxygens (including phenoxy) is 1. The zero-order chi connectivity index (χ0) is 20.1. The van der Waals surface area contributed by atoms with Crippen LogP contribution in [0.15, 0.2) is 59.2 Å². The van der Waals surface area contributed by atoms with E-state index >= 15 is 0 Å². The van der Waals surface area contributed by atoms with E-state index in [1.807, 2.05) is 36.6 Å². The van der Waals surface area contributed by atoms with Crippen LogP contribution < -0.4 is 0 Å². The first-order valence-electron chi connectivity index (χ1n) is 8.77. The van der Waals surface area contributed by atoms with Gasteiger partial charge >= 0.3 is 5.97 Å². The summed E-state index contributed by atoms with van der Waals surface area (Å²) >= 11 is 5.90. The Labute approximate surface area is 168 Å². The summed E-state index contributed by atoms with van der Waals surface area (Å²) in [5.41, 5.74) is 3.06. The molecule has 0 atom stereocenters. The van der Waals surface area contributed by atoms with E-state index in [0.29, 0.717) is 17.1 Å². The summed E-state index contributed by atoms with van der Waals surface area (Å²) in [7, 11) is 0. The van der Waals surface area contributed by atoms with E-state index in [-0.39, 0.29) is 12.4 Å². The van der Waals surface area contributed by atoms with E-state index in [4.69, 9.17) is 20.8 Å². The van der Waals surface area contributed by atoms with Crippen LogP contribution in [0, 0.1) is 13.8 Å². The van der Waals surface area contributed by atoms with Gasteiger partial charge < -0.3 is 13.7 Å². The summed E-state index contributed by atoms with van der Waals surface area (Å²) in [5, 5.41) is 0.579. The number of aryl methyl sites for hydroxylation is 1. The van der Waals surface area contributed by atoms with Crippen molar-refractivity contribution in [3.63, 3.8) is 0 Å². The van der Waals surface area contributed by atoms with Crippen LogP contribution in [-0.2, 0) is 16.1 Å². The monoisotopic (exact) mass is 397 g/mol. The number of hydrogen-bond donors (Lipinski definition) is 0. The fourth-order valence-electron chi connectivity index (χ4n) is 2.92. The fraction of sp³-hybridized carbons (Fsp3) is 0.182. The Hall–Kier alpha value is -3.05. The van der Waals surface area contributed by atoms with E-state index in [2.05, 4.69) is 0 Å². The minimum Gasteiger partial charge on any atom is -0.467 e. The molecule has 6 heteroatoms. The van der Waals surface area contributed by atoms with Gasteiger partial charge in [-0.2, -0.15) is 0 Å². The van der Waals surface area contributed by atoms with E-state index in [0.717, 1.165) is 22.7 Å². The molecule has 28 heavy (non-hydrogen) atoms. The van der Waals surface area contributed by atoms with Gasteiger partial charge in [0, 0.05) is 28.0 Å². The van der Waals surface area contributed by atoms with Gasteiger partial charge in [-0.25, -0.2) is 4.79 Å². The van der Waals surface area contributed by atoms with Crippen molar-refractivity contribution in [3.05, 3.63) is 88.1 Å². The molecule has 3 rings (SSSR count). The molecule has 2 heterocycles. The predicted molar refractivity (Wildman–Crippen MR) is 107 cm³/mol. The second-order valence-corrected chi connectivity index (χ2v) is 6.81. The number of benzene rings is 1. The van der Waals surface area contributed by atoms with Gasteiger partial charge in [-0.15, -0.1) is 0 Å². The van der Waals surface area contributed by atoms with E-state index < -0.39 is 5.97 Å². The molecule has 0 unspecified atom stereocenters. The number of Topliss-reactive ketones (excluding diaryl/α,β-unsaturated/α-hetero) is 1. The number of furan rings is 1. The molecule has 0 aliphatic heterocycles. The van der Waals surface area contributed by atoms with Crippen LogP contribution in [0.1, 0.15) is 33.1 Å². The lowest BCUT2D eigenvalue weighted by molar-refractivity contribution is -0.136. The lowest BCUT2D eigenvalue weighted by atomic mass is 10.1. The molecule has 144 valence electrons. The van der Waals surface area contributed by atoms with Gasteiger partial charge in [-0.3, -0.25) is 4.79 Å². The summed E-state index contributed by atoms with van der Waals surface area (Å²) < 4.78 is 12.5. The van der Waals surface area contributed by atoms with Crippen molar-refractivity contribution in [1.82, 2.24) is 4.57 Å². The minimum atomic E-state index is -0.585. The van der Waals surface area contributed by atoms with Gasteiger partial charge in [0.25, 0.3) is 0 Å². The van der Waals surface area contributed by atoms with Crippen molar-refractivity contribution in [1.29, 1.82) is 0 Å². The van der Waals surface area contributed by atoms with Crippen molar-refractivity contribution in [2.24, 2.45) is 0 Å². The predicted octanol–water partition coefficient (Wildman–Crippen LogP) is 4.84. The Kier molecular flexibility index (Phi) is 6.16. The number of carbonyl (C=O) groups is 2. The van der Waals surface area contributed by atoms with E-state index in [1.54, 1.807) is 36.6 Å². The Balaban J connectivity index is 1.61. The first kappa shape index (κ1) is 19.7. The first-order chi connectivity index (χ1) is 13.4. The molecular weight excluding hydrogens is 378 g/mol. The smallest absolute Gasteiger partial charge is 0.331 e. The molecule has 0 bridgehead atoms. The van der Waals surface area contributed by atoms with Gasteiger partial charge in [-0.1, -0.05) is 23.7 Å². The fourth-order valence-corrected chi connectivity index (χ4v) is 3.12. The van der Waals surface area contributed by atoms with Gasteiger partial charge in [0.15, 0.2) is 6.61 Å². The maximum Gasteiger partial charge on any atom is 0.331 e. The van der Waals surface area contributed by atoms with Gasteiger partial charge in [-0.05, 0) is 55.8 Å². The van der Waals surface area contributed by atoms with Crippen molar-refractivity contribution in [3.8, 4) is 0 Å². The third-order valence-corrected chi connectivity index (χ3v) is 4.61. The number of carbonyl (C=O) groups excluding carboxylic acids is 2. The third kappa shape index (κ3) is 4.81. The average molecular weight is 398 g/mol. The number of nitrogens with zero attached hydrogens (tertiary/aromatic N) is 1. The van der Waals surface area contributed by atoms with Crippen LogP contribution >= 0.6 is 11.6 Å². The van der Waals surface area contributed by atoms with Gasteiger partial charge in [0.2, 0.25) is 5.78 Å². The molecular formula is C22H20ClNO4. The summed E-state index contributed by atoms with van der Waals surface area (Å²) in [6, 6.07) is 12.6. The summed E-state index contributed by atoms with van der Waals surface area (Å²) in [6.07, 6.45) is 4.49. The number of esters is 1. The molecule has 5 nitrogen and oxygen atoms in total.